The summed E-state index contributed by atoms with van der Waals surface area (Å²) in [5.41, 5.74) is 0. The Morgan fingerprint density at radius 2 is 0.909 bits per heavy atom. The van der Waals surface area contributed by atoms with Gasteiger partial charge < -0.3 is 8.85 Å². The number of hydrogen-bond donors (Lipinski definition) is 2. The maximum atomic E-state index is 6.25. The van der Waals surface area contributed by atoms with Crippen molar-refractivity contribution in [1.29, 1.82) is 0 Å². The second-order valence-electron chi connectivity index (χ2n) is 9.28. The first-order valence-electron chi connectivity index (χ1n) is 8.15. The zero-order valence-electron chi connectivity index (χ0n) is 16.3. The molecule has 0 N–H and O–H groups in total. The third-order valence-electron chi connectivity index (χ3n) is 5.29. The Kier molecular flexibility index (Phi) is 8.34. The molecule has 2 nitrogen and oxygen atoms in total. The van der Waals surface area contributed by atoms with Crippen LogP contribution in [0.5, 0.6) is 0 Å². The van der Waals surface area contributed by atoms with Crippen LogP contribution in [0.4, 0.5) is 0 Å². The highest BCUT2D eigenvalue weighted by Crippen LogP contribution is 2.38. The molecular weight excluding hydrogens is 344 g/mol. The zero-order valence-corrected chi connectivity index (χ0v) is 20.1. The fourth-order valence-electron chi connectivity index (χ4n) is 1.24. The minimum absolute atomic E-state index is 0.0993. The summed E-state index contributed by atoms with van der Waals surface area (Å²) in [6.45, 7) is 23.9. The van der Waals surface area contributed by atoms with E-state index in [1.807, 2.05) is 0 Å². The summed E-state index contributed by atoms with van der Waals surface area (Å²) in [7, 11) is -3.44. The van der Waals surface area contributed by atoms with Crippen LogP contribution in [-0.4, -0.2) is 40.3 Å². The predicted molar refractivity (Wildman–Crippen MR) is 112 cm³/mol. The Morgan fingerprint density at radius 1 is 0.682 bits per heavy atom. The van der Waals surface area contributed by atoms with E-state index < -0.39 is 16.6 Å². The van der Waals surface area contributed by atoms with Gasteiger partial charge in [0.25, 0.3) is 0 Å². The largest absolute Gasteiger partial charge is 0.416 e. The van der Waals surface area contributed by atoms with Crippen LogP contribution < -0.4 is 0 Å². The van der Waals surface area contributed by atoms with Crippen molar-refractivity contribution in [3.63, 3.8) is 0 Å². The molecule has 22 heavy (non-hydrogen) atoms. The fourth-order valence-corrected chi connectivity index (χ4v) is 3.90. The maximum Gasteiger partial charge on any atom is 0.192 e. The molecule has 2 atom stereocenters. The minimum Gasteiger partial charge on any atom is -0.416 e. The summed E-state index contributed by atoms with van der Waals surface area (Å²) in [6, 6.07) is 0. The molecule has 0 amide bonds. The molecule has 0 rings (SSSR count). The van der Waals surface area contributed by atoms with Crippen molar-refractivity contribution in [2.45, 2.75) is 88.3 Å². The van der Waals surface area contributed by atoms with E-state index in [1.165, 1.54) is 0 Å². The quantitative estimate of drug-likeness (QED) is 0.439. The minimum atomic E-state index is -1.72. The van der Waals surface area contributed by atoms with Crippen LogP contribution in [0.15, 0.2) is 0 Å². The lowest BCUT2D eigenvalue weighted by atomic mass is 10.2. The molecule has 0 saturated carbocycles. The van der Waals surface area contributed by atoms with Crippen molar-refractivity contribution in [2.24, 2.45) is 0 Å². The summed E-state index contributed by atoms with van der Waals surface area (Å²) in [4.78, 5) is 0. The Balaban J connectivity index is 4.44. The van der Waals surface area contributed by atoms with Gasteiger partial charge in [-0.1, -0.05) is 41.5 Å². The van der Waals surface area contributed by atoms with Crippen molar-refractivity contribution in [2.75, 3.05) is 13.2 Å². The predicted octanol–water partition coefficient (Wildman–Crippen LogP) is 5.63. The molecule has 134 valence electrons. The molecule has 0 aromatic heterocycles. The molecule has 0 bridgehead atoms. The lowest BCUT2D eigenvalue weighted by Crippen LogP contribution is -2.45. The van der Waals surface area contributed by atoms with E-state index in [0.717, 1.165) is 0 Å². The van der Waals surface area contributed by atoms with E-state index in [4.69, 9.17) is 34.1 Å². The van der Waals surface area contributed by atoms with Crippen molar-refractivity contribution in [3.05, 3.63) is 0 Å². The maximum absolute atomic E-state index is 6.25. The molecule has 0 saturated heterocycles. The average molecular weight is 383 g/mol. The van der Waals surface area contributed by atoms with Crippen molar-refractivity contribution in [1.82, 2.24) is 0 Å². The van der Waals surface area contributed by atoms with Gasteiger partial charge in [-0.3, -0.25) is 0 Å². The molecular formula is C16H38O2S2Si2. The number of rotatable bonds is 7. The molecule has 0 aliphatic carbocycles. The Hall–Kier alpha value is 1.05. The van der Waals surface area contributed by atoms with Gasteiger partial charge in [-0.2, -0.15) is 25.3 Å². The molecule has 0 unspecified atom stereocenters. The summed E-state index contributed by atoms with van der Waals surface area (Å²) in [5.74, 6) is 0. The summed E-state index contributed by atoms with van der Waals surface area (Å²) >= 11 is 9.38. The van der Waals surface area contributed by atoms with E-state index in [1.54, 1.807) is 0 Å². The number of thiol groups is 2. The van der Waals surface area contributed by atoms with E-state index in [0.29, 0.717) is 13.2 Å². The fraction of sp³-hybridized carbons (Fsp3) is 1.00. The topological polar surface area (TPSA) is 18.5 Å². The second kappa shape index (κ2) is 7.96. The van der Waals surface area contributed by atoms with E-state index >= 15 is 0 Å². The van der Waals surface area contributed by atoms with Gasteiger partial charge in [0, 0.05) is 23.7 Å². The van der Waals surface area contributed by atoms with Crippen molar-refractivity contribution < 1.29 is 8.85 Å². The van der Waals surface area contributed by atoms with Gasteiger partial charge in [0.1, 0.15) is 0 Å². The standard InChI is InChI=1S/C16H38O2S2Si2/c1-15(2,3)21(7,8)17-11-13(19)14(20)12-18-22(9,10)16(4,5)6/h13-14,19-20H,11-12H2,1-10H3/t13-,14-/m1/s1. The van der Waals surface area contributed by atoms with Crippen LogP contribution in [0.1, 0.15) is 41.5 Å². The van der Waals surface area contributed by atoms with Crippen LogP contribution in [0.25, 0.3) is 0 Å². The first kappa shape index (κ1) is 23.1. The average Bonchev–Trinajstić information content (AvgIpc) is 2.30. The highest BCUT2D eigenvalue weighted by Gasteiger charge is 2.39. The zero-order chi connectivity index (χ0) is 18.0. The smallest absolute Gasteiger partial charge is 0.192 e. The summed E-state index contributed by atoms with van der Waals surface area (Å²) in [5, 5.41) is 0.651. The monoisotopic (exact) mass is 382 g/mol. The van der Waals surface area contributed by atoms with Gasteiger partial charge in [0.05, 0.1) is 0 Å². The first-order valence-corrected chi connectivity index (χ1v) is 15.0. The third kappa shape index (κ3) is 6.89. The van der Waals surface area contributed by atoms with E-state index in [-0.39, 0.29) is 20.6 Å². The molecule has 0 fully saturated rings. The molecule has 0 aromatic rings. The van der Waals surface area contributed by atoms with Gasteiger partial charge in [-0.05, 0) is 36.3 Å². The molecule has 0 radical (unpaired) electrons. The van der Waals surface area contributed by atoms with Gasteiger partial charge in [-0.15, -0.1) is 0 Å². The van der Waals surface area contributed by atoms with E-state index in [9.17, 15) is 0 Å². The van der Waals surface area contributed by atoms with Crippen molar-refractivity contribution >= 4 is 41.9 Å². The SMILES string of the molecule is CC(C)(C)[Si](C)(C)OC[C@@H](S)[C@H](S)CO[Si](C)(C)C(C)(C)C. The highest BCUT2D eigenvalue weighted by atomic mass is 32.1. The van der Waals surface area contributed by atoms with Crippen LogP contribution in [-0.2, 0) is 8.85 Å². The molecule has 0 spiro atoms. The Bertz CT molecular complexity index is 313. The lowest BCUT2D eigenvalue weighted by molar-refractivity contribution is 0.252. The van der Waals surface area contributed by atoms with Gasteiger partial charge in [-0.25, -0.2) is 0 Å². The van der Waals surface area contributed by atoms with Crippen LogP contribution in [0.2, 0.25) is 36.3 Å². The van der Waals surface area contributed by atoms with Crippen LogP contribution in [0.3, 0.4) is 0 Å². The van der Waals surface area contributed by atoms with Crippen LogP contribution in [0, 0.1) is 0 Å². The van der Waals surface area contributed by atoms with E-state index in [2.05, 4.69) is 67.7 Å². The Labute approximate surface area is 152 Å². The first-order chi connectivity index (χ1) is 9.51. The molecule has 0 aliphatic heterocycles. The van der Waals surface area contributed by atoms with Gasteiger partial charge >= 0.3 is 0 Å². The molecule has 0 heterocycles. The summed E-state index contributed by atoms with van der Waals surface area (Å²) < 4.78 is 12.5. The highest BCUT2D eigenvalue weighted by molar-refractivity contribution is 7.85. The molecule has 0 aromatic carbocycles. The lowest BCUT2D eigenvalue weighted by Gasteiger charge is -2.38. The van der Waals surface area contributed by atoms with Gasteiger partial charge in [0.2, 0.25) is 0 Å². The summed E-state index contributed by atoms with van der Waals surface area (Å²) in [6.07, 6.45) is 0. The third-order valence-corrected chi connectivity index (χ3v) is 15.5. The van der Waals surface area contributed by atoms with Crippen molar-refractivity contribution in [3.8, 4) is 0 Å². The normalized spacial score (nSPS) is 17.5. The molecule has 0 aliphatic rings. The van der Waals surface area contributed by atoms with Gasteiger partial charge in [0.15, 0.2) is 16.6 Å². The Morgan fingerprint density at radius 3 is 1.09 bits per heavy atom. The second-order valence-corrected chi connectivity index (χ2v) is 20.2. The molecule has 6 heteroatoms. The van der Waals surface area contributed by atoms with Crippen LogP contribution >= 0.6 is 25.3 Å². The number of hydrogen-bond acceptors (Lipinski definition) is 4.